The molecule has 2 N–H and O–H groups in total. The van der Waals surface area contributed by atoms with Crippen LogP contribution < -0.4 is 10.5 Å². The number of hydrogen-bond acceptors (Lipinski definition) is 6. The van der Waals surface area contributed by atoms with Crippen molar-refractivity contribution in [1.82, 2.24) is 0 Å². The minimum Gasteiger partial charge on any atom is -0.491 e. The van der Waals surface area contributed by atoms with E-state index in [0.29, 0.717) is 24.3 Å². The van der Waals surface area contributed by atoms with Gasteiger partial charge < -0.3 is 19.9 Å². The summed E-state index contributed by atoms with van der Waals surface area (Å²) in [5, 5.41) is 0. The van der Waals surface area contributed by atoms with E-state index in [1.807, 2.05) is 0 Å². The first kappa shape index (κ1) is 18.8. The van der Waals surface area contributed by atoms with Crippen LogP contribution in [-0.2, 0) is 14.3 Å². The Kier molecular flexibility index (Phi) is 6.42. The van der Waals surface area contributed by atoms with E-state index in [2.05, 4.69) is 4.74 Å². The summed E-state index contributed by atoms with van der Waals surface area (Å²) < 4.78 is 15.5. The van der Waals surface area contributed by atoms with Crippen molar-refractivity contribution in [3.05, 3.63) is 23.3 Å². The van der Waals surface area contributed by atoms with E-state index in [0.717, 1.165) is 5.56 Å². The molecule has 0 aliphatic rings. The first-order valence-electron chi connectivity index (χ1n) is 7.47. The fourth-order valence-corrected chi connectivity index (χ4v) is 1.94. The molecule has 0 heterocycles. The molecule has 0 aliphatic carbocycles. The fourth-order valence-electron chi connectivity index (χ4n) is 1.94. The van der Waals surface area contributed by atoms with Gasteiger partial charge in [0.15, 0.2) is 0 Å². The quantitative estimate of drug-likeness (QED) is 0.492. The molecule has 0 atom stereocenters. The van der Waals surface area contributed by atoms with Crippen LogP contribution in [-0.4, -0.2) is 31.3 Å². The van der Waals surface area contributed by atoms with E-state index in [1.54, 1.807) is 39.8 Å². The number of carbonyl (C=O) groups is 2. The summed E-state index contributed by atoms with van der Waals surface area (Å²) in [5.74, 6) is -0.367. The number of benzene rings is 1. The second kappa shape index (κ2) is 7.85. The molecule has 6 heteroatoms. The number of ether oxygens (including phenoxy) is 3. The Morgan fingerprint density at radius 2 is 1.87 bits per heavy atom. The van der Waals surface area contributed by atoms with Gasteiger partial charge in [-0.05, 0) is 45.7 Å². The van der Waals surface area contributed by atoms with Crippen molar-refractivity contribution in [3.8, 4) is 5.75 Å². The number of aryl methyl sites for hydroxylation is 1. The highest BCUT2D eigenvalue weighted by Gasteiger charge is 2.23. The van der Waals surface area contributed by atoms with Crippen molar-refractivity contribution >= 4 is 17.6 Å². The minimum atomic E-state index is -0.604. The fraction of sp³-hybridized carbons (Fsp3) is 0.529. The lowest BCUT2D eigenvalue weighted by atomic mass is 10.1. The summed E-state index contributed by atoms with van der Waals surface area (Å²) in [4.78, 5) is 23.3. The number of rotatable bonds is 6. The monoisotopic (exact) mass is 323 g/mol. The maximum atomic E-state index is 12.3. The third kappa shape index (κ3) is 5.81. The molecule has 23 heavy (non-hydrogen) atoms. The lowest BCUT2D eigenvalue weighted by Crippen LogP contribution is -2.25. The van der Waals surface area contributed by atoms with E-state index in [4.69, 9.17) is 15.2 Å². The average molecular weight is 323 g/mol. The zero-order chi connectivity index (χ0) is 17.6. The number of nitrogen functional groups attached to an aromatic ring is 1. The number of esters is 2. The topological polar surface area (TPSA) is 87.8 Å². The molecule has 0 aliphatic heterocycles. The van der Waals surface area contributed by atoms with Gasteiger partial charge in [-0.2, -0.15) is 0 Å². The maximum Gasteiger partial charge on any atom is 0.341 e. The molecule has 1 rings (SSSR count). The number of carbonyl (C=O) groups excluding carboxylic acids is 2. The zero-order valence-electron chi connectivity index (χ0n) is 14.4. The van der Waals surface area contributed by atoms with Crippen molar-refractivity contribution in [2.24, 2.45) is 0 Å². The second-order valence-electron chi connectivity index (χ2n) is 6.20. The van der Waals surface area contributed by atoms with Crippen LogP contribution in [0.2, 0.25) is 0 Å². The van der Waals surface area contributed by atoms with Crippen LogP contribution in [0.15, 0.2) is 12.1 Å². The van der Waals surface area contributed by atoms with Crippen molar-refractivity contribution in [3.63, 3.8) is 0 Å². The molecule has 0 radical (unpaired) electrons. The molecule has 1 aromatic rings. The summed E-state index contributed by atoms with van der Waals surface area (Å²) in [6.45, 7) is 7.48. The van der Waals surface area contributed by atoms with E-state index >= 15 is 0 Å². The van der Waals surface area contributed by atoms with Gasteiger partial charge >= 0.3 is 11.9 Å². The average Bonchev–Trinajstić information content (AvgIpc) is 2.43. The molecule has 0 bridgehead atoms. The first-order chi connectivity index (χ1) is 10.7. The second-order valence-corrected chi connectivity index (χ2v) is 6.20. The van der Waals surface area contributed by atoms with Crippen molar-refractivity contribution in [2.75, 3.05) is 19.5 Å². The third-order valence-electron chi connectivity index (χ3n) is 3.03. The van der Waals surface area contributed by atoms with Gasteiger partial charge in [-0.1, -0.05) is 6.07 Å². The molecule has 0 spiro atoms. The molecule has 0 fully saturated rings. The van der Waals surface area contributed by atoms with Gasteiger partial charge in [0, 0.05) is 6.42 Å². The van der Waals surface area contributed by atoms with E-state index in [-0.39, 0.29) is 18.1 Å². The molecule has 0 unspecified atom stereocenters. The summed E-state index contributed by atoms with van der Waals surface area (Å²) in [5.41, 5.74) is 6.73. The Balaban J connectivity index is 2.82. The van der Waals surface area contributed by atoms with Gasteiger partial charge in [-0.25, -0.2) is 4.79 Å². The SMILES string of the molecule is COC(=O)CCCOc1ccc(C)c(C(=O)OC(C)(C)C)c1N. The summed E-state index contributed by atoms with van der Waals surface area (Å²) in [6.07, 6.45) is 0.767. The normalized spacial score (nSPS) is 11.0. The number of nitrogens with two attached hydrogens (primary N) is 1. The van der Waals surface area contributed by atoms with Crippen molar-refractivity contribution < 1.29 is 23.8 Å². The summed E-state index contributed by atoms with van der Waals surface area (Å²) in [6, 6.07) is 3.46. The molecular weight excluding hydrogens is 298 g/mol. The van der Waals surface area contributed by atoms with Crippen LogP contribution in [0.25, 0.3) is 0 Å². The minimum absolute atomic E-state index is 0.248. The Morgan fingerprint density at radius 1 is 1.22 bits per heavy atom. The Bertz CT molecular complexity index is 575. The zero-order valence-corrected chi connectivity index (χ0v) is 14.4. The Labute approximate surface area is 136 Å². The van der Waals surface area contributed by atoms with Crippen molar-refractivity contribution in [1.29, 1.82) is 0 Å². The molecule has 0 saturated carbocycles. The molecule has 0 amide bonds. The highest BCUT2D eigenvalue weighted by atomic mass is 16.6. The molecule has 0 aromatic heterocycles. The number of methoxy groups -OCH3 is 1. The Morgan fingerprint density at radius 3 is 2.43 bits per heavy atom. The van der Waals surface area contributed by atoms with Gasteiger partial charge in [0.2, 0.25) is 0 Å². The predicted octanol–water partition coefficient (Wildman–Crippen LogP) is 2.86. The molecule has 6 nitrogen and oxygen atoms in total. The van der Waals surface area contributed by atoms with Gasteiger partial charge in [-0.3, -0.25) is 4.79 Å². The predicted molar refractivity (Wildman–Crippen MR) is 87.5 cm³/mol. The molecule has 1 aromatic carbocycles. The molecule has 128 valence electrons. The largest absolute Gasteiger partial charge is 0.491 e. The summed E-state index contributed by atoms with van der Waals surface area (Å²) >= 11 is 0. The van der Waals surface area contributed by atoms with Crippen LogP contribution in [0.5, 0.6) is 5.75 Å². The first-order valence-corrected chi connectivity index (χ1v) is 7.47. The highest BCUT2D eigenvalue weighted by molar-refractivity contribution is 5.98. The van der Waals surface area contributed by atoms with Crippen LogP contribution in [0.4, 0.5) is 5.69 Å². The molecular formula is C17H25NO5. The van der Waals surface area contributed by atoms with Crippen LogP contribution in [0.3, 0.4) is 0 Å². The highest BCUT2D eigenvalue weighted by Crippen LogP contribution is 2.30. The van der Waals surface area contributed by atoms with Crippen LogP contribution in [0.1, 0.15) is 49.5 Å². The van der Waals surface area contributed by atoms with E-state index < -0.39 is 11.6 Å². The van der Waals surface area contributed by atoms with Crippen LogP contribution in [0, 0.1) is 6.92 Å². The molecule has 0 saturated heterocycles. The van der Waals surface area contributed by atoms with E-state index in [1.165, 1.54) is 7.11 Å². The maximum absolute atomic E-state index is 12.3. The lowest BCUT2D eigenvalue weighted by Gasteiger charge is -2.21. The van der Waals surface area contributed by atoms with Crippen LogP contribution >= 0.6 is 0 Å². The van der Waals surface area contributed by atoms with Gasteiger partial charge in [0.25, 0.3) is 0 Å². The summed E-state index contributed by atoms with van der Waals surface area (Å²) in [7, 11) is 1.34. The van der Waals surface area contributed by atoms with Gasteiger partial charge in [-0.15, -0.1) is 0 Å². The van der Waals surface area contributed by atoms with Crippen molar-refractivity contribution in [2.45, 2.75) is 46.1 Å². The Hall–Kier alpha value is -2.24. The lowest BCUT2D eigenvalue weighted by molar-refractivity contribution is -0.140. The third-order valence-corrected chi connectivity index (χ3v) is 3.03. The van der Waals surface area contributed by atoms with Gasteiger partial charge in [0.1, 0.15) is 11.4 Å². The standard InChI is InChI=1S/C17H25NO5/c1-11-8-9-12(22-10-6-7-13(19)21-5)15(18)14(11)16(20)23-17(2,3)4/h8-9H,6-7,10,18H2,1-5H3. The smallest absolute Gasteiger partial charge is 0.341 e. The van der Waals surface area contributed by atoms with Gasteiger partial charge in [0.05, 0.1) is 25.0 Å². The van der Waals surface area contributed by atoms with E-state index in [9.17, 15) is 9.59 Å². The number of anilines is 1. The number of hydrogen-bond donors (Lipinski definition) is 1.